The highest BCUT2D eigenvalue weighted by Crippen LogP contribution is 2.52. The van der Waals surface area contributed by atoms with E-state index in [1.165, 1.54) is 29.8 Å². The van der Waals surface area contributed by atoms with Crippen molar-refractivity contribution in [1.82, 2.24) is 0 Å². The van der Waals surface area contributed by atoms with Crippen LogP contribution in [-0.4, -0.2) is 76.3 Å². The summed E-state index contributed by atoms with van der Waals surface area (Å²) in [6, 6.07) is 35.8. The Morgan fingerprint density at radius 1 is 0.678 bits per heavy atom. The maximum Gasteiger partial charge on any atom is 0.338 e. The van der Waals surface area contributed by atoms with Gasteiger partial charge in [-0.2, -0.15) is 0 Å². The van der Waals surface area contributed by atoms with Crippen molar-refractivity contribution in [3.63, 3.8) is 0 Å². The van der Waals surface area contributed by atoms with Crippen molar-refractivity contribution < 1.29 is 47.6 Å². The van der Waals surface area contributed by atoms with Crippen LogP contribution in [-0.2, 0) is 28.5 Å². The predicted molar refractivity (Wildman–Crippen MR) is 222 cm³/mol. The minimum atomic E-state index is -1.22. The van der Waals surface area contributed by atoms with Gasteiger partial charge in [-0.25, -0.2) is 14.4 Å². The number of carbonyl (C=O) groups excluding carboxylic acids is 4. The Morgan fingerprint density at radius 2 is 1.19 bits per heavy atom. The number of anilines is 1. The van der Waals surface area contributed by atoms with Crippen LogP contribution >= 0.6 is 35.0 Å². The van der Waals surface area contributed by atoms with Gasteiger partial charge in [0.1, 0.15) is 24.7 Å². The van der Waals surface area contributed by atoms with Crippen molar-refractivity contribution in [2.75, 3.05) is 38.9 Å². The molecule has 0 aromatic heterocycles. The van der Waals surface area contributed by atoms with E-state index in [2.05, 4.69) is 0 Å². The summed E-state index contributed by atoms with van der Waals surface area (Å²) in [5.41, 5.74) is 1.97. The van der Waals surface area contributed by atoms with Gasteiger partial charge < -0.3 is 28.4 Å². The Balaban J connectivity index is 1.31. The van der Waals surface area contributed by atoms with Crippen LogP contribution in [0.3, 0.4) is 0 Å². The summed E-state index contributed by atoms with van der Waals surface area (Å²) >= 11 is 15.0. The number of thioether (sulfide) groups is 1. The highest BCUT2D eigenvalue weighted by Gasteiger charge is 2.53. The molecule has 304 valence electrons. The zero-order valence-corrected chi connectivity index (χ0v) is 34.2. The smallest absolute Gasteiger partial charge is 0.338 e. The lowest BCUT2D eigenvalue weighted by atomic mass is 9.89. The number of hydrogen-bond donors (Lipinski definition) is 0. The highest BCUT2D eigenvalue weighted by atomic mass is 35.5. The van der Waals surface area contributed by atoms with E-state index in [0.717, 1.165) is 5.56 Å². The molecule has 1 fully saturated rings. The molecule has 0 aliphatic carbocycles. The number of hydrogen-bond acceptors (Lipinski definition) is 11. The number of esters is 3. The van der Waals surface area contributed by atoms with Crippen molar-refractivity contribution in [1.29, 1.82) is 0 Å². The maximum atomic E-state index is 15.2. The Bertz CT molecular complexity index is 2270. The van der Waals surface area contributed by atoms with Crippen LogP contribution in [0.25, 0.3) is 0 Å². The van der Waals surface area contributed by atoms with Crippen LogP contribution in [0.15, 0.2) is 132 Å². The lowest BCUT2D eigenvalue weighted by Crippen LogP contribution is -2.51. The van der Waals surface area contributed by atoms with E-state index in [0.29, 0.717) is 32.4 Å². The van der Waals surface area contributed by atoms with Gasteiger partial charge in [0.2, 0.25) is 0 Å². The summed E-state index contributed by atoms with van der Waals surface area (Å²) in [7, 11) is 3.00. The van der Waals surface area contributed by atoms with Gasteiger partial charge in [-0.1, -0.05) is 89.9 Å². The molecule has 59 heavy (non-hydrogen) atoms. The van der Waals surface area contributed by atoms with Crippen LogP contribution in [0.4, 0.5) is 5.69 Å². The maximum absolute atomic E-state index is 15.2. The number of nitrogens with zero attached hydrogens (tertiary/aromatic N) is 1. The van der Waals surface area contributed by atoms with Gasteiger partial charge in [-0.3, -0.25) is 9.69 Å². The third-order valence-corrected chi connectivity index (χ3v) is 12.0. The molecule has 0 bridgehead atoms. The molecule has 0 saturated carbocycles. The normalized spacial score (nSPS) is 21.2. The molecule has 2 heterocycles. The van der Waals surface area contributed by atoms with Gasteiger partial charge in [-0.15, -0.1) is 11.8 Å². The van der Waals surface area contributed by atoms with Gasteiger partial charge in [-0.05, 0) is 66.2 Å². The van der Waals surface area contributed by atoms with E-state index >= 15 is 4.79 Å². The van der Waals surface area contributed by atoms with Gasteiger partial charge in [0, 0.05) is 28.9 Å². The summed E-state index contributed by atoms with van der Waals surface area (Å²) in [5, 5.41) is -0.124. The van der Waals surface area contributed by atoms with Crippen LogP contribution in [0.2, 0.25) is 10.0 Å². The molecule has 5 aromatic carbocycles. The molecule has 2 unspecified atom stereocenters. The first-order valence-electron chi connectivity index (χ1n) is 18.6. The Morgan fingerprint density at radius 3 is 1.69 bits per heavy atom. The molecule has 5 aromatic rings. The standard InChI is InChI=1S/C45H39Cl2NO10S/c1-53-32-20-18-27(19-21-32)40-39(54-2)41(49)48(38-35(47)22-31(46)23-37(38)59-40)42-34(25-56-44(51)29-14-8-4-9-15-29)33(24-55-43(50)28-12-6-3-7-13-28)36(58-42)26-57-45(52)30-16-10-5-11-17-30/h3-23,33-34,36,39-40,42H,24-26H2,1-2H3/t33-,34+,36+,39?,40?,42+/m0/s1. The number of ether oxygens (including phenoxy) is 6. The molecule has 7 rings (SSSR count). The van der Waals surface area contributed by atoms with Crippen LogP contribution < -0.4 is 9.64 Å². The van der Waals surface area contributed by atoms with E-state index in [1.807, 2.05) is 12.1 Å². The third-order valence-electron chi connectivity index (χ3n) is 10.1. The second-order valence-corrected chi connectivity index (χ2v) is 15.7. The first-order valence-corrected chi connectivity index (χ1v) is 20.3. The van der Waals surface area contributed by atoms with Gasteiger partial charge in [0.15, 0.2) is 6.10 Å². The van der Waals surface area contributed by atoms with Gasteiger partial charge >= 0.3 is 17.9 Å². The Labute approximate surface area is 355 Å². The molecule has 14 heteroatoms. The summed E-state index contributed by atoms with van der Waals surface area (Å²) in [4.78, 5) is 57.3. The molecule has 1 saturated heterocycles. The number of carbonyl (C=O) groups is 4. The summed E-state index contributed by atoms with van der Waals surface area (Å²) in [6.45, 7) is -0.862. The Kier molecular flexibility index (Phi) is 13.5. The van der Waals surface area contributed by atoms with Gasteiger partial charge in [0.05, 0.1) is 53.0 Å². The molecule has 6 atom stereocenters. The molecule has 11 nitrogen and oxygen atoms in total. The second kappa shape index (κ2) is 19.1. The zero-order chi connectivity index (χ0) is 41.5. The molecular formula is C45H39Cl2NO10S. The third kappa shape index (κ3) is 9.43. The topological polar surface area (TPSA) is 127 Å². The van der Waals surface area contributed by atoms with E-state index in [1.54, 1.807) is 116 Å². The molecule has 0 spiro atoms. The van der Waals surface area contributed by atoms with Gasteiger partial charge in [0.25, 0.3) is 5.91 Å². The molecule has 2 aliphatic heterocycles. The number of methoxy groups -OCH3 is 2. The average molecular weight is 857 g/mol. The molecule has 2 aliphatic rings. The van der Waals surface area contributed by atoms with Crippen molar-refractivity contribution in [3.8, 4) is 5.75 Å². The lowest BCUT2D eigenvalue weighted by Gasteiger charge is -2.35. The highest BCUT2D eigenvalue weighted by molar-refractivity contribution is 7.99. The van der Waals surface area contributed by atoms with Crippen molar-refractivity contribution in [3.05, 3.63) is 160 Å². The molecule has 0 N–H and O–H groups in total. The number of rotatable bonds is 13. The largest absolute Gasteiger partial charge is 0.497 e. The second-order valence-electron chi connectivity index (χ2n) is 13.7. The molecule has 0 radical (unpaired) electrons. The molecular weight excluding hydrogens is 817 g/mol. The fraction of sp³-hybridized carbons (Fsp3) is 0.244. The number of benzene rings is 5. The van der Waals surface area contributed by atoms with Crippen LogP contribution in [0, 0.1) is 11.8 Å². The van der Waals surface area contributed by atoms with E-state index in [-0.39, 0.29) is 30.5 Å². The van der Waals surface area contributed by atoms with Crippen molar-refractivity contribution >= 4 is 64.5 Å². The van der Waals surface area contributed by atoms with Crippen molar-refractivity contribution in [2.24, 2.45) is 11.8 Å². The van der Waals surface area contributed by atoms with Crippen molar-refractivity contribution in [2.45, 2.75) is 28.6 Å². The fourth-order valence-corrected chi connectivity index (χ4v) is 9.29. The van der Waals surface area contributed by atoms with E-state index < -0.39 is 59.3 Å². The summed E-state index contributed by atoms with van der Waals surface area (Å²) in [6.07, 6.45) is -3.30. The predicted octanol–water partition coefficient (Wildman–Crippen LogP) is 8.73. The quantitative estimate of drug-likeness (QED) is 0.0834. The first kappa shape index (κ1) is 41.8. The van der Waals surface area contributed by atoms with Crippen LogP contribution in [0.1, 0.15) is 41.9 Å². The lowest BCUT2D eigenvalue weighted by molar-refractivity contribution is -0.132. The number of fused-ring (bicyclic) bond motifs is 1. The number of amides is 1. The zero-order valence-electron chi connectivity index (χ0n) is 31.9. The van der Waals surface area contributed by atoms with Crippen LogP contribution in [0.5, 0.6) is 5.75 Å². The molecule has 1 amide bonds. The summed E-state index contributed by atoms with van der Waals surface area (Å²) in [5.74, 6) is -3.41. The number of halogens is 2. The fourth-order valence-electron chi connectivity index (χ4n) is 7.15. The van der Waals surface area contributed by atoms with E-state index in [4.69, 9.17) is 51.6 Å². The van der Waals surface area contributed by atoms with E-state index in [9.17, 15) is 14.4 Å². The average Bonchev–Trinajstić information content (AvgIpc) is 3.55. The monoisotopic (exact) mass is 855 g/mol. The first-order chi connectivity index (χ1) is 28.7. The SMILES string of the molecule is COc1ccc(C2Sc3cc(Cl)cc(Cl)c3N([C@@H]3O[C@H](COC(=O)c4ccccc4)[C@@H](COC(=O)c4ccccc4)[C@H]3COC(=O)c3ccccc3)C(=O)C2OC)cc1. The minimum Gasteiger partial charge on any atom is -0.497 e. The minimum absolute atomic E-state index is 0.147. The Hall–Kier alpha value is -5.37. The summed E-state index contributed by atoms with van der Waals surface area (Å²) < 4.78 is 35.8.